The van der Waals surface area contributed by atoms with Gasteiger partial charge in [-0.25, -0.2) is 13.5 Å². The summed E-state index contributed by atoms with van der Waals surface area (Å²) in [5, 5.41) is 15.3. The van der Waals surface area contributed by atoms with Crippen molar-refractivity contribution < 1.29 is 23.0 Å². The third kappa shape index (κ3) is 5.96. The monoisotopic (exact) mass is 481 g/mol. The first kappa shape index (κ1) is 24.6. The summed E-state index contributed by atoms with van der Waals surface area (Å²) in [6, 6.07) is 16.3. The van der Waals surface area contributed by atoms with E-state index in [1.165, 1.54) is 6.07 Å². The van der Waals surface area contributed by atoms with Gasteiger partial charge in [-0.05, 0) is 49.2 Å². The highest BCUT2D eigenvalue weighted by atomic mass is 19.1. The third-order valence-electron chi connectivity index (χ3n) is 5.79. The van der Waals surface area contributed by atoms with Crippen LogP contribution in [0.15, 0.2) is 71.3 Å². The fraction of sp³-hybridized carbons (Fsp3) is 0.296. The second-order valence-electron chi connectivity index (χ2n) is 8.85. The highest BCUT2D eigenvalue weighted by Crippen LogP contribution is 2.33. The van der Waals surface area contributed by atoms with Crippen molar-refractivity contribution in [3.05, 3.63) is 95.6 Å². The van der Waals surface area contributed by atoms with Gasteiger partial charge in [0.25, 0.3) is 0 Å². The zero-order valence-electron chi connectivity index (χ0n) is 20.0. The van der Waals surface area contributed by atoms with Gasteiger partial charge in [0.1, 0.15) is 11.6 Å². The van der Waals surface area contributed by atoms with Crippen LogP contribution in [0.5, 0.6) is 11.6 Å². The highest BCUT2D eigenvalue weighted by molar-refractivity contribution is 5.43. The van der Waals surface area contributed by atoms with E-state index in [0.29, 0.717) is 31.2 Å². The molecule has 2 heterocycles. The summed E-state index contributed by atoms with van der Waals surface area (Å²) in [6.07, 6.45) is 1.05. The summed E-state index contributed by atoms with van der Waals surface area (Å²) in [7, 11) is 0. The Morgan fingerprint density at radius 3 is 2.49 bits per heavy atom. The number of halogens is 2. The number of hydrogen-bond acceptors (Lipinski definition) is 5. The molecule has 6 nitrogen and oxygen atoms in total. The number of para-hydroxylation sites is 1. The lowest BCUT2D eigenvalue weighted by molar-refractivity contribution is 0.0667. The summed E-state index contributed by atoms with van der Waals surface area (Å²) in [6.45, 7) is 6.98. The van der Waals surface area contributed by atoms with Crippen LogP contribution in [0.3, 0.4) is 0 Å². The molecule has 0 fully saturated rings. The summed E-state index contributed by atoms with van der Waals surface area (Å²) < 4.78 is 41.2. The molecular weight excluding hydrogens is 452 g/mol. The van der Waals surface area contributed by atoms with Crippen molar-refractivity contribution in [3.63, 3.8) is 0 Å². The van der Waals surface area contributed by atoms with Crippen LogP contribution in [0.4, 0.5) is 8.78 Å². The SMILES string of the molecule is Cc1nn(-c2ccccc2)c(Oc2ccc(F)cc2F)c1CN(Cc1ccco1)CC(O)C(C)C. The number of aryl methyl sites for hydroxylation is 1. The molecule has 0 radical (unpaired) electrons. The molecule has 1 N–H and O–H groups in total. The van der Waals surface area contributed by atoms with Gasteiger partial charge in [-0.1, -0.05) is 32.0 Å². The predicted molar refractivity (Wildman–Crippen MR) is 128 cm³/mol. The number of hydrogen-bond donors (Lipinski definition) is 1. The fourth-order valence-electron chi connectivity index (χ4n) is 3.74. The van der Waals surface area contributed by atoms with Gasteiger partial charge in [-0.15, -0.1) is 0 Å². The lowest BCUT2D eigenvalue weighted by Crippen LogP contribution is -2.34. The Balaban J connectivity index is 1.74. The van der Waals surface area contributed by atoms with Crippen molar-refractivity contribution in [2.45, 2.75) is 40.0 Å². The van der Waals surface area contributed by atoms with Crippen LogP contribution >= 0.6 is 0 Å². The highest BCUT2D eigenvalue weighted by Gasteiger charge is 2.24. The molecule has 0 aliphatic carbocycles. The average molecular weight is 482 g/mol. The molecule has 0 bridgehead atoms. The predicted octanol–water partition coefficient (Wildman–Crippen LogP) is 5.86. The molecule has 0 aliphatic heterocycles. The van der Waals surface area contributed by atoms with E-state index in [0.717, 1.165) is 29.1 Å². The standard InChI is InChI=1S/C27H29F2N3O3/c1-18(2)25(33)17-31(15-22-10-7-13-34-22)16-23-19(3)30-32(21-8-5-4-6-9-21)27(23)35-26-12-11-20(28)14-24(26)29/h4-14,18,25,33H,15-17H2,1-3H3. The van der Waals surface area contributed by atoms with Crippen molar-refractivity contribution in [2.24, 2.45) is 5.92 Å². The molecule has 0 saturated heterocycles. The van der Waals surface area contributed by atoms with E-state index in [1.807, 2.05) is 68.1 Å². The minimum atomic E-state index is -0.808. The zero-order chi connectivity index (χ0) is 24.9. The lowest BCUT2D eigenvalue weighted by Gasteiger charge is -2.26. The number of aliphatic hydroxyl groups excluding tert-OH is 1. The fourth-order valence-corrected chi connectivity index (χ4v) is 3.74. The smallest absolute Gasteiger partial charge is 0.227 e. The Morgan fingerprint density at radius 1 is 1.06 bits per heavy atom. The normalized spacial score (nSPS) is 12.5. The van der Waals surface area contributed by atoms with E-state index in [4.69, 9.17) is 9.15 Å². The molecule has 2 aromatic heterocycles. The molecule has 8 heteroatoms. The van der Waals surface area contributed by atoms with Crippen molar-refractivity contribution in [1.82, 2.24) is 14.7 Å². The maximum atomic E-state index is 14.5. The number of nitrogens with zero attached hydrogens (tertiary/aromatic N) is 3. The van der Waals surface area contributed by atoms with Gasteiger partial charge < -0.3 is 14.3 Å². The first-order chi connectivity index (χ1) is 16.8. The maximum absolute atomic E-state index is 14.5. The Hall–Kier alpha value is -3.49. The van der Waals surface area contributed by atoms with Gasteiger partial charge in [-0.2, -0.15) is 5.10 Å². The first-order valence-corrected chi connectivity index (χ1v) is 11.5. The molecule has 4 aromatic rings. The molecule has 184 valence electrons. The largest absolute Gasteiger partial charge is 0.468 e. The first-order valence-electron chi connectivity index (χ1n) is 11.5. The van der Waals surface area contributed by atoms with Crippen LogP contribution in [0.2, 0.25) is 0 Å². The van der Waals surface area contributed by atoms with E-state index < -0.39 is 17.7 Å². The van der Waals surface area contributed by atoms with Crippen molar-refractivity contribution in [3.8, 4) is 17.3 Å². The molecule has 35 heavy (non-hydrogen) atoms. The van der Waals surface area contributed by atoms with E-state index in [-0.39, 0.29) is 11.7 Å². The Kier molecular flexibility index (Phi) is 7.63. The summed E-state index contributed by atoms with van der Waals surface area (Å²) in [4.78, 5) is 2.04. The van der Waals surface area contributed by atoms with E-state index in [1.54, 1.807) is 10.9 Å². The lowest BCUT2D eigenvalue weighted by atomic mass is 10.1. The van der Waals surface area contributed by atoms with Crippen LogP contribution in [-0.4, -0.2) is 32.4 Å². The molecule has 4 rings (SSSR count). The van der Waals surface area contributed by atoms with E-state index >= 15 is 0 Å². The van der Waals surface area contributed by atoms with Crippen LogP contribution < -0.4 is 4.74 Å². The number of furan rings is 1. The van der Waals surface area contributed by atoms with Gasteiger partial charge in [0.15, 0.2) is 11.6 Å². The summed E-state index contributed by atoms with van der Waals surface area (Å²) in [5.41, 5.74) is 2.15. The molecular formula is C27H29F2N3O3. The quantitative estimate of drug-likeness (QED) is 0.307. The molecule has 0 saturated carbocycles. The van der Waals surface area contributed by atoms with Crippen LogP contribution in [-0.2, 0) is 13.1 Å². The molecule has 1 atom stereocenters. The number of ether oxygens (including phenoxy) is 1. The van der Waals surface area contributed by atoms with Gasteiger partial charge in [0.05, 0.1) is 35.9 Å². The minimum Gasteiger partial charge on any atom is -0.468 e. The molecule has 1 unspecified atom stereocenters. The Morgan fingerprint density at radius 2 is 1.83 bits per heavy atom. The third-order valence-corrected chi connectivity index (χ3v) is 5.79. The zero-order valence-corrected chi connectivity index (χ0v) is 20.0. The van der Waals surface area contributed by atoms with Crippen LogP contribution in [0.1, 0.15) is 30.9 Å². The molecule has 2 aromatic carbocycles. The molecule has 0 spiro atoms. The van der Waals surface area contributed by atoms with Crippen LogP contribution in [0.25, 0.3) is 5.69 Å². The number of aromatic nitrogens is 2. The van der Waals surface area contributed by atoms with Gasteiger partial charge in [0, 0.05) is 19.2 Å². The second kappa shape index (κ2) is 10.8. The Labute approximate surface area is 203 Å². The van der Waals surface area contributed by atoms with Crippen molar-refractivity contribution >= 4 is 0 Å². The minimum absolute atomic E-state index is 0.0614. The number of benzene rings is 2. The average Bonchev–Trinajstić information content (AvgIpc) is 3.44. The molecule has 0 amide bonds. The van der Waals surface area contributed by atoms with Crippen LogP contribution in [0, 0.1) is 24.5 Å². The molecule has 0 aliphatic rings. The number of rotatable bonds is 10. The van der Waals surface area contributed by atoms with Crippen molar-refractivity contribution in [1.29, 1.82) is 0 Å². The van der Waals surface area contributed by atoms with Gasteiger partial charge in [0.2, 0.25) is 5.88 Å². The maximum Gasteiger partial charge on any atom is 0.227 e. The Bertz CT molecular complexity index is 1240. The topological polar surface area (TPSA) is 63.7 Å². The number of aliphatic hydroxyl groups is 1. The second-order valence-corrected chi connectivity index (χ2v) is 8.85. The van der Waals surface area contributed by atoms with Gasteiger partial charge >= 0.3 is 0 Å². The van der Waals surface area contributed by atoms with E-state index in [9.17, 15) is 13.9 Å². The summed E-state index contributed by atoms with van der Waals surface area (Å²) in [5.74, 6) is -0.466. The van der Waals surface area contributed by atoms with Gasteiger partial charge in [-0.3, -0.25) is 4.90 Å². The summed E-state index contributed by atoms with van der Waals surface area (Å²) >= 11 is 0. The van der Waals surface area contributed by atoms with Crippen molar-refractivity contribution in [2.75, 3.05) is 6.54 Å². The van der Waals surface area contributed by atoms with E-state index in [2.05, 4.69) is 5.10 Å².